The molecule has 0 aliphatic heterocycles. The zero-order valence-electron chi connectivity index (χ0n) is 11.9. The van der Waals surface area contributed by atoms with E-state index in [-0.39, 0.29) is 0 Å². The van der Waals surface area contributed by atoms with Crippen molar-refractivity contribution in [2.24, 2.45) is 5.73 Å². The highest BCUT2D eigenvalue weighted by Gasteiger charge is 2.25. The van der Waals surface area contributed by atoms with E-state index in [9.17, 15) is 5.11 Å². The van der Waals surface area contributed by atoms with Gasteiger partial charge in [0.05, 0.1) is 19.3 Å². The molecule has 0 spiro atoms. The topological polar surface area (TPSA) is 64.7 Å². The Labute approximate surface area is 115 Å². The van der Waals surface area contributed by atoms with Gasteiger partial charge in [0.1, 0.15) is 5.75 Å². The van der Waals surface area contributed by atoms with Crippen LogP contribution in [0, 0.1) is 0 Å². The lowest BCUT2D eigenvalue weighted by Crippen LogP contribution is -2.35. The van der Waals surface area contributed by atoms with Gasteiger partial charge in [-0.2, -0.15) is 0 Å². The van der Waals surface area contributed by atoms with E-state index in [2.05, 4.69) is 0 Å². The van der Waals surface area contributed by atoms with Crippen molar-refractivity contribution in [1.82, 2.24) is 0 Å². The van der Waals surface area contributed by atoms with Gasteiger partial charge in [0.15, 0.2) is 0 Å². The minimum Gasteiger partial charge on any atom is -0.497 e. The van der Waals surface area contributed by atoms with Crippen LogP contribution < -0.4 is 10.5 Å². The minimum atomic E-state index is -0.784. The number of aliphatic hydroxyl groups is 1. The fourth-order valence-corrected chi connectivity index (χ4v) is 2.14. The molecule has 1 aromatic rings. The molecule has 0 saturated heterocycles. The number of rotatable bonds is 9. The Morgan fingerprint density at radius 2 is 1.84 bits per heavy atom. The van der Waals surface area contributed by atoms with Gasteiger partial charge in [0.2, 0.25) is 0 Å². The second-order valence-corrected chi connectivity index (χ2v) is 4.90. The third-order valence-electron chi connectivity index (χ3n) is 3.30. The zero-order chi connectivity index (χ0) is 14.1. The summed E-state index contributed by atoms with van der Waals surface area (Å²) in [6.07, 6.45) is 2.97. The molecule has 0 aromatic heterocycles. The maximum absolute atomic E-state index is 10.5. The standard InChI is InChI=1S/C15H25NO3/c1-18-12-15(17,9-3-11-16)10-8-13-4-6-14(19-2)7-5-13/h4-7,17H,3,8-12,16H2,1-2H3. The van der Waals surface area contributed by atoms with Crippen LogP contribution in [0.3, 0.4) is 0 Å². The summed E-state index contributed by atoms with van der Waals surface area (Å²) >= 11 is 0. The van der Waals surface area contributed by atoms with E-state index in [1.807, 2.05) is 24.3 Å². The average molecular weight is 267 g/mol. The summed E-state index contributed by atoms with van der Waals surface area (Å²) in [4.78, 5) is 0. The van der Waals surface area contributed by atoms with Crippen molar-refractivity contribution in [3.8, 4) is 5.75 Å². The van der Waals surface area contributed by atoms with Crippen LogP contribution in [0.5, 0.6) is 5.75 Å². The van der Waals surface area contributed by atoms with Crippen molar-refractivity contribution in [3.63, 3.8) is 0 Å². The van der Waals surface area contributed by atoms with Gasteiger partial charge in [-0.05, 0) is 49.9 Å². The largest absolute Gasteiger partial charge is 0.497 e. The summed E-state index contributed by atoms with van der Waals surface area (Å²) in [6, 6.07) is 7.92. The molecule has 0 aliphatic rings. The molecule has 0 fully saturated rings. The van der Waals surface area contributed by atoms with Crippen LogP contribution in [-0.2, 0) is 11.2 Å². The van der Waals surface area contributed by atoms with Crippen LogP contribution >= 0.6 is 0 Å². The molecule has 19 heavy (non-hydrogen) atoms. The number of aryl methyl sites for hydroxylation is 1. The van der Waals surface area contributed by atoms with E-state index in [1.165, 1.54) is 5.56 Å². The van der Waals surface area contributed by atoms with Crippen LogP contribution in [0.2, 0.25) is 0 Å². The van der Waals surface area contributed by atoms with Crippen molar-refractivity contribution < 1.29 is 14.6 Å². The Bertz CT molecular complexity index is 353. The molecule has 4 heteroatoms. The molecule has 4 nitrogen and oxygen atoms in total. The van der Waals surface area contributed by atoms with E-state index in [0.29, 0.717) is 26.0 Å². The first-order chi connectivity index (χ1) is 9.13. The van der Waals surface area contributed by atoms with Crippen molar-refractivity contribution in [1.29, 1.82) is 0 Å². The van der Waals surface area contributed by atoms with Gasteiger partial charge < -0.3 is 20.3 Å². The molecular formula is C15H25NO3. The van der Waals surface area contributed by atoms with E-state index < -0.39 is 5.60 Å². The number of hydrogen-bond donors (Lipinski definition) is 2. The van der Waals surface area contributed by atoms with Crippen LogP contribution in [0.25, 0.3) is 0 Å². The molecule has 0 radical (unpaired) electrons. The predicted octanol–water partition coefficient (Wildman–Crippen LogP) is 1.74. The molecule has 0 heterocycles. The number of ether oxygens (including phenoxy) is 2. The van der Waals surface area contributed by atoms with Crippen molar-refractivity contribution >= 4 is 0 Å². The third-order valence-corrected chi connectivity index (χ3v) is 3.30. The monoisotopic (exact) mass is 267 g/mol. The van der Waals surface area contributed by atoms with Crippen LogP contribution in [0.1, 0.15) is 24.8 Å². The molecule has 0 amide bonds. The molecule has 1 unspecified atom stereocenters. The number of hydrogen-bond acceptors (Lipinski definition) is 4. The second kappa shape index (κ2) is 8.15. The Morgan fingerprint density at radius 1 is 1.16 bits per heavy atom. The highest BCUT2D eigenvalue weighted by atomic mass is 16.5. The lowest BCUT2D eigenvalue weighted by Gasteiger charge is -2.27. The average Bonchev–Trinajstić information content (AvgIpc) is 2.44. The number of methoxy groups -OCH3 is 2. The fourth-order valence-electron chi connectivity index (χ4n) is 2.14. The Morgan fingerprint density at radius 3 is 2.37 bits per heavy atom. The maximum atomic E-state index is 10.5. The summed E-state index contributed by atoms with van der Waals surface area (Å²) in [7, 11) is 3.26. The summed E-state index contributed by atoms with van der Waals surface area (Å²) in [5, 5.41) is 10.5. The van der Waals surface area contributed by atoms with Crippen molar-refractivity contribution in [2.75, 3.05) is 27.4 Å². The summed E-state index contributed by atoms with van der Waals surface area (Å²) in [6.45, 7) is 0.942. The van der Waals surface area contributed by atoms with E-state index >= 15 is 0 Å². The molecule has 1 rings (SSSR count). The lowest BCUT2D eigenvalue weighted by molar-refractivity contribution is -0.0436. The Hall–Kier alpha value is -1.10. The van der Waals surface area contributed by atoms with E-state index in [1.54, 1.807) is 14.2 Å². The van der Waals surface area contributed by atoms with Crippen LogP contribution in [-0.4, -0.2) is 38.1 Å². The van der Waals surface area contributed by atoms with Crippen molar-refractivity contribution in [2.45, 2.75) is 31.3 Å². The molecule has 1 atom stereocenters. The lowest BCUT2D eigenvalue weighted by atomic mass is 9.91. The number of benzene rings is 1. The van der Waals surface area contributed by atoms with Gasteiger partial charge in [0, 0.05) is 7.11 Å². The molecule has 3 N–H and O–H groups in total. The van der Waals surface area contributed by atoms with Gasteiger partial charge in [0.25, 0.3) is 0 Å². The first-order valence-electron chi connectivity index (χ1n) is 6.68. The summed E-state index contributed by atoms with van der Waals surface area (Å²) in [5.74, 6) is 0.846. The predicted molar refractivity (Wildman–Crippen MR) is 76.4 cm³/mol. The first kappa shape index (κ1) is 16.0. The quantitative estimate of drug-likeness (QED) is 0.715. The third kappa shape index (κ3) is 5.59. The minimum absolute atomic E-state index is 0.350. The molecule has 108 valence electrons. The molecular weight excluding hydrogens is 242 g/mol. The Kier molecular flexibility index (Phi) is 6.84. The molecule has 0 aliphatic carbocycles. The first-order valence-corrected chi connectivity index (χ1v) is 6.68. The smallest absolute Gasteiger partial charge is 0.118 e. The Balaban J connectivity index is 2.54. The maximum Gasteiger partial charge on any atom is 0.118 e. The van der Waals surface area contributed by atoms with Gasteiger partial charge in [-0.3, -0.25) is 0 Å². The van der Waals surface area contributed by atoms with Gasteiger partial charge in [-0.25, -0.2) is 0 Å². The van der Waals surface area contributed by atoms with Crippen LogP contribution in [0.15, 0.2) is 24.3 Å². The summed E-state index contributed by atoms with van der Waals surface area (Å²) in [5.41, 5.74) is 5.90. The number of nitrogens with two attached hydrogens (primary N) is 1. The fraction of sp³-hybridized carbons (Fsp3) is 0.600. The molecule has 1 aromatic carbocycles. The summed E-state index contributed by atoms with van der Waals surface area (Å²) < 4.78 is 10.2. The van der Waals surface area contributed by atoms with Gasteiger partial charge in [-0.1, -0.05) is 12.1 Å². The highest BCUT2D eigenvalue weighted by Crippen LogP contribution is 2.21. The molecule has 0 bridgehead atoms. The van der Waals surface area contributed by atoms with Gasteiger partial charge >= 0.3 is 0 Å². The van der Waals surface area contributed by atoms with Crippen molar-refractivity contribution in [3.05, 3.63) is 29.8 Å². The molecule has 0 saturated carbocycles. The van der Waals surface area contributed by atoms with Crippen LogP contribution in [0.4, 0.5) is 0 Å². The SMILES string of the molecule is COCC(O)(CCCN)CCc1ccc(OC)cc1. The normalized spacial score (nSPS) is 14.1. The zero-order valence-corrected chi connectivity index (χ0v) is 11.9. The van der Waals surface area contributed by atoms with Gasteiger partial charge in [-0.15, -0.1) is 0 Å². The highest BCUT2D eigenvalue weighted by molar-refractivity contribution is 5.27. The second-order valence-electron chi connectivity index (χ2n) is 4.90. The van der Waals surface area contributed by atoms with E-state index in [0.717, 1.165) is 18.6 Å². The van der Waals surface area contributed by atoms with E-state index in [4.69, 9.17) is 15.2 Å².